The molecular weight excluding hydrogens is 459 g/mol. The zero-order valence-corrected chi connectivity index (χ0v) is 13.3. The molecule has 29 heavy (non-hydrogen) atoms. The van der Waals surface area contributed by atoms with Crippen molar-refractivity contribution in [2.75, 3.05) is 6.61 Å². The fraction of sp³-hybridized carbons (Fsp3) is 1.00. The van der Waals surface area contributed by atoms with Gasteiger partial charge in [0.05, 0.1) is 0 Å². The molecule has 0 aromatic carbocycles. The zero-order valence-electron chi connectivity index (χ0n) is 13.3. The summed E-state index contributed by atoms with van der Waals surface area (Å²) in [6.07, 6.45) is -44.3. The van der Waals surface area contributed by atoms with E-state index < -0.39 is 61.3 Å². The molecule has 5 nitrogen and oxygen atoms in total. The Kier molecular flexibility index (Phi) is 5.37. The SMILES string of the molecule is CC1OC(F)(F)C2(C(F)(F)O1)C(F)(F)OC(C(F)(F)OCC(F)(F)F)OC2(F)F. The Bertz CT molecular complexity index is 595. The molecule has 18 heteroatoms. The number of rotatable bonds is 3. The number of ether oxygens (including phenoxy) is 5. The van der Waals surface area contributed by atoms with Gasteiger partial charge in [0.15, 0.2) is 6.29 Å². The van der Waals surface area contributed by atoms with E-state index in [0.717, 1.165) is 0 Å². The topological polar surface area (TPSA) is 46.2 Å². The molecule has 0 radical (unpaired) electrons. The molecule has 2 aliphatic rings. The summed E-state index contributed by atoms with van der Waals surface area (Å²) >= 11 is 0. The molecule has 2 saturated heterocycles. The van der Waals surface area contributed by atoms with Crippen molar-refractivity contribution in [1.29, 1.82) is 0 Å². The van der Waals surface area contributed by atoms with Gasteiger partial charge in [-0.2, -0.15) is 57.1 Å². The van der Waals surface area contributed by atoms with Crippen molar-refractivity contribution in [3.8, 4) is 0 Å². The molecular formula is C11H7F13O5. The van der Waals surface area contributed by atoms with Crippen LogP contribution in [0.3, 0.4) is 0 Å². The first-order valence-corrected chi connectivity index (χ1v) is 6.93. The lowest BCUT2D eigenvalue weighted by molar-refractivity contribution is -0.652. The second-order valence-corrected chi connectivity index (χ2v) is 5.65. The molecule has 2 heterocycles. The Labute approximate surface area is 150 Å². The molecule has 0 amide bonds. The van der Waals surface area contributed by atoms with Crippen LogP contribution in [-0.2, 0) is 23.7 Å². The second-order valence-electron chi connectivity index (χ2n) is 5.65. The van der Waals surface area contributed by atoms with E-state index in [9.17, 15) is 57.1 Å². The Morgan fingerprint density at radius 1 is 0.690 bits per heavy atom. The first-order chi connectivity index (χ1) is 12.6. The van der Waals surface area contributed by atoms with Gasteiger partial charge in [-0.1, -0.05) is 0 Å². The van der Waals surface area contributed by atoms with Crippen molar-refractivity contribution >= 4 is 0 Å². The monoisotopic (exact) mass is 466 g/mol. The molecule has 0 aromatic heterocycles. The number of hydrogen-bond acceptors (Lipinski definition) is 5. The minimum Gasteiger partial charge on any atom is -0.307 e. The standard InChI is InChI=1S/C11H7F13O5/c1-3-26-8(17,18)7(9(19,20)27-3)10(21,22)28-4(29-11(7,23)24)6(15,16)25-2-5(12,13)14/h3-4H,2H2,1H3. The lowest BCUT2D eigenvalue weighted by Gasteiger charge is -2.56. The maximum Gasteiger partial charge on any atom is 0.412 e. The molecule has 172 valence electrons. The van der Waals surface area contributed by atoms with Crippen molar-refractivity contribution < 1.29 is 80.8 Å². The van der Waals surface area contributed by atoms with Gasteiger partial charge in [0.2, 0.25) is 0 Å². The van der Waals surface area contributed by atoms with Crippen LogP contribution in [0.15, 0.2) is 0 Å². The van der Waals surface area contributed by atoms with Gasteiger partial charge in [-0.05, 0) is 6.92 Å². The maximum absolute atomic E-state index is 14.1. The van der Waals surface area contributed by atoms with Gasteiger partial charge >= 0.3 is 42.1 Å². The minimum absolute atomic E-state index is 0.275. The molecule has 1 spiro atoms. The Morgan fingerprint density at radius 3 is 1.38 bits per heavy atom. The molecule has 0 aromatic rings. The number of alkyl halides is 13. The summed E-state index contributed by atoms with van der Waals surface area (Å²) in [5.74, 6) is 0. The van der Waals surface area contributed by atoms with Crippen LogP contribution in [0.2, 0.25) is 0 Å². The predicted octanol–water partition coefficient (Wildman–Crippen LogP) is 4.28. The summed E-state index contributed by atoms with van der Waals surface area (Å²) in [6.45, 7) is -2.64. The predicted molar refractivity (Wildman–Crippen MR) is 56.8 cm³/mol. The Hall–Kier alpha value is -1.11. The molecule has 0 N–H and O–H groups in total. The number of hydrogen-bond donors (Lipinski definition) is 0. The molecule has 0 bridgehead atoms. The normalized spacial score (nSPS) is 36.2. The summed E-state index contributed by atoms with van der Waals surface area (Å²) in [7, 11) is 0. The highest BCUT2D eigenvalue weighted by molar-refractivity contribution is 5.10. The molecule has 2 aliphatic heterocycles. The third kappa shape index (κ3) is 3.61. The molecule has 0 saturated carbocycles. The van der Waals surface area contributed by atoms with Crippen molar-refractivity contribution in [1.82, 2.24) is 0 Å². The van der Waals surface area contributed by atoms with Crippen LogP contribution < -0.4 is 0 Å². The van der Waals surface area contributed by atoms with E-state index in [1.165, 1.54) is 0 Å². The minimum atomic E-state index is -6.63. The van der Waals surface area contributed by atoms with E-state index in [0.29, 0.717) is 0 Å². The van der Waals surface area contributed by atoms with Crippen molar-refractivity contribution in [3.05, 3.63) is 0 Å². The van der Waals surface area contributed by atoms with Gasteiger partial charge in [0.25, 0.3) is 6.29 Å². The van der Waals surface area contributed by atoms with Gasteiger partial charge in [-0.3, -0.25) is 18.9 Å². The van der Waals surface area contributed by atoms with Gasteiger partial charge < -0.3 is 4.74 Å². The summed E-state index contributed by atoms with van der Waals surface area (Å²) in [5.41, 5.74) is -6.48. The van der Waals surface area contributed by atoms with Crippen LogP contribution >= 0.6 is 0 Å². The van der Waals surface area contributed by atoms with Gasteiger partial charge in [-0.15, -0.1) is 0 Å². The first kappa shape index (κ1) is 24.2. The third-order valence-electron chi connectivity index (χ3n) is 3.59. The Morgan fingerprint density at radius 2 is 1.03 bits per heavy atom. The van der Waals surface area contributed by atoms with Gasteiger partial charge in [0, 0.05) is 0 Å². The van der Waals surface area contributed by atoms with E-state index >= 15 is 0 Å². The third-order valence-corrected chi connectivity index (χ3v) is 3.59. The van der Waals surface area contributed by atoms with Crippen LogP contribution in [-0.4, -0.2) is 55.9 Å². The van der Waals surface area contributed by atoms with E-state index in [1.54, 1.807) is 0 Å². The fourth-order valence-electron chi connectivity index (χ4n) is 2.49. The van der Waals surface area contributed by atoms with Gasteiger partial charge in [-0.25, -0.2) is 0 Å². The lowest BCUT2D eigenvalue weighted by atomic mass is 9.79. The van der Waals surface area contributed by atoms with Crippen molar-refractivity contribution in [2.24, 2.45) is 5.41 Å². The fourth-order valence-corrected chi connectivity index (χ4v) is 2.49. The molecule has 0 aliphatic carbocycles. The largest absolute Gasteiger partial charge is 0.412 e. The summed E-state index contributed by atoms with van der Waals surface area (Å²) in [6, 6.07) is 0. The Balaban J connectivity index is 2.51. The highest BCUT2D eigenvalue weighted by atomic mass is 19.4. The van der Waals surface area contributed by atoms with Gasteiger partial charge in [0.1, 0.15) is 6.61 Å². The van der Waals surface area contributed by atoms with Crippen LogP contribution in [0.25, 0.3) is 0 Å². The van der Waals surface area contributed by atoms with E-state index in [-0.39, 0.29) is 6.92 Å². The average molecular weight is 466 g/mol. The first-order valence-electron chi connectivity index (χ1n) is 6.93. The molecule has 2 rings (SSSR count). The van der Waals surface area contributed by atoms with Crippen molar-refractivity contribution in [3.63, 3.8) is 0 Å². The smallest absolute Gasteiger partial charge is 0.307 e. The van der Waals surface area contributed by atoms with Crippen LogP contribution in [0.4, 0.5) is 57.1 Å². The van der Waals surface area contributed by atoms with Crippen LogP contribution in [0.5, 0.6) is 0 Å². The van der Waals surface area contributed by atoms with Crippen LogP contribution in [0.1, 0.15) is 6.92 Å². The van der Waals surface area contributed by atoms with E-state index in [4.69, 9.17) is 0 Å². The summed E-state index contributed by atoms with van der Waals surface area (Å²) in [5, 5.41) is 0. The zero-order chi connectivity index (χ0) is 22.9. The lowest BCUT2D eigenvalue weighted by Crippen LogP contribution is -2.81. The summed E-state index contributed by atoms with van der Waals surface area (Å²) < 4.78 is 190. The van der Waals surface area contributed by atoms with Crippen molar-refractivity contribution in [2.45, 2.75) is 56.2 Å². The highest BCUT2D eigenvalue weighted by Gasteiger charge is 2.98. The van der Waals surface area contributed by atoms with E-state index in [1.807, 2.05) is 0 Å². The summed E-state index contributed by atoms with van der Waals surface area (Å²) in [4.78, 5) is 0. The quantitative estimate of drug-likeness (QED) is 0.582. The molecule has 0 unspecified atom stereocenters. The molecule has 2 fully saturated rings. The molecule has 0 atom stereocenters. The van der Waals surface area contributed by atoms with Crippen LogP contribution in [0, 0.1) is 5.41 Å². The maximum atomic E-state index is 14.1. The van der Waals surface area contributed by atoms with E-state index in [2.05, 4.69) is 23.7 Å². The second kappa shape index (κ2) is 6.44. The highest BCUT2D eigenvalue weighted by Crippen LogP contribution is 2.70. The number of halogens is 13. The average Bonchev–Trinajstić information content (AvgIpc) is 2.38.